The summed E-state index contributed by atoms with van der Waals surface area (Å²) in [5.74, 6) is 1.35. The Morgan fingerprint density at radius 2 is 1.87 bits per heavy atom. The number of rotatable bonds is 3. The van der Waals surface area contributed by atoms with Gasteiger partial charge >= 0.3 is 0 Å². The molecule has 2 aliphatic rings. The van der Waals surface area contributed by atoms with E-state index < -0.39 is 0 Å². The van der Waals surface area contributed by atoms with Gasteiger partial charge in [0.2, 0.25) is 0 Å². The van der Waals surface area contributed by atoms with E-state index in [1.807, 2.05) is 25.1 Å². The molecule has 0 radical (unpaired) electrons. The highest BCUT2D eigenvalue weighted by molar-refractivity contribution is 5.56. The summed E-state index contributed by atoms with van der Waals surface area (Å²) in [6.45, 7) is 2.03. The SMILES string of the molecule is CC1C(O)=C(C#N)CC2c3nc(-c4ccncc4)nc(Cc4ccccc4)c3CCC12. The van der Waals surface area contributed by atoms with E-state index >= 15 is 0 Å². The predicted molar refractivity (Wildman–Crippen MR) is 118 cm³/mol. The van der Waals surface area contributed by atoms with Crippen LogP contribution in [-0.4, -0.2) is 20.1 Å². The van der Waals surface area contributed by atoms with Crippen LogP contribution in [0.3, 0.4) is 0 Å². The van der Waals surface area contributed by atoms with Crippen molar-refractivity contribution in [2.24, 2.45) is 11.8 Å². The van der Waals surface area contributed by atoms with Crippen LogP contribution in [0.2, 0.25) is 0 Å². The van der Waals surface area contributed by atoms with Crippen molar-refractivity contribution in [1.29, 1.82) is 5.26 Å². The van der Waals surface area contributed by atoms with E-state index in [4.69, 9.17) is 9.97 Å². The molecule has 3 unspecified atom stereocenters. The average Bonchev–Trinajstić information content (AvgIpc) is 2.82. The minimum atomic E-state index is -0.0292. The lowest BCUT2D eigenvalue weighted by Crippen LogP contribution is -2.33. The molecule has 5 rings (SSSR count). The number of nitrogens with zero attached hydrogens (tertiary/aromatic N) is 4. The number of aliphatic hydroxyl groups excluding tert-OH is 1. The average molecular weight is 409 g/mol. The summed E-state index contributed by atoms with van der Waals surface area (Å²) in [5.41, 5.74) is 5.99. The molecular formula is C26H24N4O. The Bertz CT molecular complexity index is 1180. The van der Waals surface area contributed by atoms with Crippen molar-refractivity contribution in [2.45, 2.75) is 38.5 Å². The molecule has 0 bridgehead atoms. The van der Waals surface area contributed by atoms with Gasteiger partial charge < -0.3 is 5.11 Å². The maximum Gasteiger partial charge on any atom is 0.159 e. The highest BCUT2D eigenvalue weighted by Crippen LogP contribution is 2.49. The summed E-state index contributed by atoms with van der Waals surface area (Å²) in [4.78, 5) is 14.2. The molecule has 0 saturated heterocycles. The number of aromatic nitrogens is 3. The zero-order valence-electron chi connectivity index (χ0n) is 17.5. The van der Waals surface area contributed by atoms with Gasteiger partial charge in [0.05, 0.1) is 23.0 Å². The second kappa shape index (κ2) is 7.96. The molecule has 2 aliphatic carbocycles. The van der Waals surface area contributed by atoms with Gasteiger partial charge in [0.1, 0.15) is 5.76 Å². The van der Waals surface area contributed by atoms with Crippen LogP contribution in [0, 0.1) is 23.2 Å². The fourth-order valence-electron chi connectivity index (χ4n) is 5.16. The first-order chi connectivity index (χ1) is 15.2. The second-order valence-corrected chi connectivity index (χ2v) is 8.53. The molecule has 1 N–H and O–H groups in total. The Morgan fingerprint density at radius 1 is 1.10 bits per heavy atom. The number of aliphatic hydroxyl groups is 1. The van der Waals surface area contributed by atoms with Gasteiger partial charge in [-0.25, -0.2) is 9.97 Å². The standard InChI is InChI=1S/C26H24N4O/c1-16-20-7-8-21-23(13-17-5-3-2-4-6-17)29-26(18-9-11-28-12-10-18)30-24(21)22(20)14-19(15-27)25(16)31/h2-6,9-12,16,20,22,31H,7-8,13-14H2,1H3. The second-order valence-electron chi connectivity index (χ2n) is 8.53. The maximum atomic E-state index is 10.5. The van der Waals surface area contributed by atoms with Crippen LogP contribution in [0.5, 0.6) is 0 Å². The number of allylic oxidation sites excluding steroid dienone is 2. The Hall–Kier alpha value is -3.52. The molecular weight excluding hydrogens is 384 g/mol. The summed E-state index contributed by atoms with van der Waals surface area (Å²) in [6, 6.07) is 16.5. The summed E-state index contributed by atoms with van der Waals surface area (Å²) >= 11 is 0. The topological polar surface area (TPSA) is 82.7 Å². The predicted octanol–water partition coefficient (Wildman–Crippen LogP) is 5.15. The van der Waals surface area contributed by atoms with Gasteiger partial charge in [-0.05, 0) is 48.4 Å². The van der Waals surface area contributed by atoms with E-state index in [-0.39, 0.29) is 23.5 Å². The van der Waals surface area contributed by atoms with Crippen LogP contribution >= 0.6 is 0 Å². The van der Waals surface area contributed by atoms with Crippen molar-refractivity contribution >= 4 is 0 Å². The number of benzene rings is 1. The first-order valence-electron chi connectivity index (χ1n) is 10.8. The number of nitriles is 1. The third kappa shape index (κ3) is 3.48. The molecule has 1 aromatic carbocycles. The van der Waals surface area contributed by atoms with Crippen LogP contribution in [0.1, 0.15) is 48.2 Å². The molecule has 0 aliphatic heterocycles. The zero-order valence-corrected chi connectivity index (χ0v) is 17.5. The fourth-order valence-corrected chi connectivity index (χ4v) is 5.16. The van der Waals surface area contributed by atoms with Crippen LogP contribution in [0.25, 0.3) is 11.4 Å². The van der Waals surface area contributed by atoms with Gasteiger partial charge in [-0.3, -0.25) is 4.98 Å². The van der Waals surface area contributed by atoms with Gasteiger partial charge in [-0.15, -0.1) is 0 Å². The number of pyridine rings is 1. The van der Waals surface area contributed by atoms with Crippen molar-refractivity contribution in [1.82, 2.24) is 15.0 Å². The largest absolute Gasteiger partial charge is 0.511 e. The van der Waals surface area contributed by atoms with Gasteiger partial charge in [0.15, 0.2) is 5.82 Å². The normalized spacial score (nSPS) is 22.4. The highest BCUT2D eigenvalue weighted by Gasteiger charge is 2.41. The Kier molecular flexibility index (Phi) is 4.99. The van der Waals surface area contributed by atoms with Crippen molar-refractivity contribution in [3.8, 4) is 17.5 Å². The van der Waals surface area contributed by atoms with Crippen LogP contribution < -0.4 is 0 Å². The van der Waals surface area contributed by atoms with E-state index in [0.717, 1.165) is 36.2 Å². The van der Waals surface area contributed by atoms with E-state index in [9.17, 15) is 10.4 Å². The van der Waals surface area contributed by atoms with Crippen LogP contribution in [0.15, 0.2) is 66.2 Å². The molecule has 3 atom stereocenters. The first kappa shape index (κ1) is 19.4. The summed E-state index contributed by atoms with van der Waals surface area (Å²) in [6.07, 6.45) is 6.69. The van der Waals surface area contributed by atoms with Crippen molar-refractivity contribution in [2.75, 3.05) is 0 Å². The molecule has 3 aromatic rings. The van der Waals surface area contributed by atoms with E-state index in [1.54, 1.807) is 12.4 Å². The quantitative estimate of drug-likeness (QED) is 0.648. The zero-order chi connectivity index (χ0) is 21.4. The molecule has 0 spiro atoms. The molecule has 2 aromatic heterocycles. The molecule has 154 valence electrons. The van der Waals surface area contributed by atoms with Crippen LogP contribution in [-0.2, 0) is 12.8 Å². The van der Waals surface area contributed by atoms with Crippen molar-refractivity contribution in [3.05, 3.63) is 88.7 Å². The third-order valence-electron chi connectivity index (χ3n) is 6.82. The number of hydrogen-bond acceptors (Lipinski definition) is 5. The Morgan fingerprint density at radius 3 is 2.61 bits per heavy atom. The van der Waals surface area contributed by atoms with E-state index in [0.29, 0.717) is 17.8 Å². The highest BCUT2D eigenvalue weighted by atomic mass is 16.3. The smallest absolute Gasteiger partial charge is 0.159 e. The monoisotopic (exact) mass is 408 g/mol. The molecule has 5 nitrogen and oxygen atoms in total. The summed E-state index contributed by atoms with van der Waals surface area (Å²) < 4.78 is 0. The molecule has 31 heavy (non-hydrogen) atoms. The lowest BCUT2D eigenvalue weighted by atomic mass is 9.65. The van der Waals surface area contributed by atoms with Gasteiger partial charge in [-0.2, -0.15) is 5.26 Å². The van der Waals surface area contributed by atoms with Gasteiger partial charge in [0, 0.05) is 36.2 Å². The minimum absolute atomic E-state index is 0.0292. The van der Waals surface area contributed by atoms with Gasteiger partial charge in [-0.1, -0.05) is 37.3 Å². The first-order valence-corrected chi connectivity index (χ1v) is 10.8. The lowest BCUT2D eigenvalue weighted by molar-refractivity contribution is 0.198. The van der Waals surface area contributed by atoms with Crippen LogP contribution in [0.4, 0.5) is 0 Å². The lowest BCUT2D eigenvalue weighted by Gasteiger charge is -2.40. The number of hydrogen-bond donors (Lipinski definition) is 1. The molecule has 2 heterocycles. The molecule has 0 amide bonds. The number of fused-ring (bicyclic) bond motifs is 3. The van der Waals surface area contributed by atoms with Crippen molar-refractivity contribution in [3.63, 3.8) is 0 Å². The molecule has 5 heteroatoms. The maximum absolute atomic E-state index is 10.5. The third-order valence-corrected chi connectivity index (χ3v) is 6.82. The van der Waals surface area contributed by atoms with E-state index in [1.165, 1.54) is 11.1 Å². The molecule has 0 fully saturated rings. The van der Waals surface area contributed by atoms with Crippen molar-refractivity contribution < 1.29 is 5.11 Å². The Balaban J connectivity index is 1.66. The summed E-state index contributed by atoms with van der Waals surface area (Å²) in [5, 5.41) is 20.1. The van der Waals surface area contributed by atoms with E-state index in [2.05, 4.69) is 35.3 Å². The molecule has 0 saturated carbocycles. The minimum Gasteiger partial charge on any atom is -0.511 e. The van der Waals surface area contributed by atoms with Gasteiger partial charge in [0.25, 0.3) is 0 Å². The summed E-state index contributed by atoms with van der Waals surface area (Å²) in [7, 11) is 0. The Labute approximate surface area is 182 Å². The fraction of sp³-hybridized carbons (Fsp3) is 0.308.